The standard InChI is InChI=1S/C21H23NO3/c1-16(23)25-21(18-11-7-4-8-12-18)13-14-22(2)15-19(21)20(24)17-9-5-3-6-10-17/h3-12,19H,13-15H2,1-2H3. The molecule has 2 aromatic carbocycles. The molecule has 2 unspecified atom stereocenters. The number of benzene rings is 2. The van der Waals surface area contributed by atoms with Crippen molar-refractivity contribution < 1.29 is 14.3 Å². The smallest absolute Gasteiger partial charge is 0.303 e. The summed E-state index contributed by atoms with van der Waals surface area (Å²) in [5, 5.41) is 0. The van der Waals surface area contributed by atoms with E-state index in [-0.39, 0.29) is 11.8 Å². The number of Topliss-reactive ketones (excluding diaryl/α,β-unsaturated/α-hetero) is 1. The highest BCUT2D eigenvalue weighted by Gasteiger charge is 2.50. The lowest BCUT2D eigenvalue weighted by molar-refractivity contribution is -0.169. The second-order valence-corrected chi connectivity index (χ2v) is 6.64. The number of likely N-dealkylation sites (tertiary alicyclic amines) is 1. The molecule has 1 heterocycles. The predicted octanol–water partition coefficient (Wildman–Crippen LogP) is 3.28. The molecule has 4 heteroatoms. The van der Waals surface area contributed by atoms with Crippen LogP contribution in [0.25, 0.3) is 0 Å². The van der Waals surface area contributed by atoms with Gasteiger partial charge in [0.2, 0.25) is 0 Å². The zero-order valence-corrected chi connectivity index (χ0v) is 14.6. The van der Waals surface area contributed by atoms with Gasteiger partial charge in [-0.1, -0.05) is 60.7 Å². The normalized spacial score (nSPS) is 23.8. The third-order valence-corrected chi connectivity index (χ3v) is 4.89. The number of ether oxygens (including phenoxy) is 1. The van der Waals surface area contributed by atoms with Crippen molar-refractivity contribution in [2.45, 2.75) is 18.9 Å². The molecule has 1 saturated heterocycles. The summed E-state index contributed by atoms with van der Waals surface area (Å²) in [5.41, 5.74) is 0.606. The Kier molecular flexibility index (Phi) is 5.00. The molecule has 3 rings (SSSR count). The number of ketones is 1. The van der Waals surface area contributed by atoms with Crippen LogP contribution in [0, 0.1) is 5.92 Å². The Balaban J connectivity index is 2.09. The summed E-state index contributed by atoms with van der Waals surface area (Å²) in [4.78, 5) is 27.3. The van der Waals surface area contributed by atoms with Gasteiger partial charge >= 0.3 is 5.97 Å². The van der Waals surface area contributed by atoms with Crippen LogP contribution in [-0.2, 0) is 15.1 Å². The van der Waals surface area contributed by atoms with Crippen molar-refractivity contribution >= 4 is 11.8 Å². The van der Waals surface area contributed by atoms with E-state index in [1.165, 1.54) is 6.92 Å². The van der Waals surface area contributed by atoms with Crippen LogP contribution < -0.4 is 0 Å². The summed E-state index contributed by atoms with van der Waals surface area (Å²) in [6.07, 6.45) is 0.594. The third-order valence-electron chi connectivity index (χ3n) is 4.89. The minimum absolute atomic E-state index is 0.0113. The first-order valence-electron chi connectivity index (χ1n) is 8.56. The van der Waals surface area contributed by atoms with Crippen molar-refractivity contribution in [3.63, 3.8) is 0 Å². The molecule has 0 aliphatic carbocycles. The molecule has 130 valence electrons. The number of piperidine rings is 1. The zero-order chi connectivity index (χ0) is 17.9. The Morgan fingerprint density at radius 2 is 1.64 bits per heavy atom. The first-order valence-corrected chi connectivity index (χ1v) is 8.56. The third kappa shape index (κ3) is 3.49. The van der Waals surface area contributed by atoms with Gasteiger partial charge in [-0.3, -0.25) is 9.59 Å². The largest absolute Gasteiger partial charge is 0.453 e. The van der Waals surface area contributed by atoms with Crippen molar-refractivity contribution in [1.29, 1.82) is 0 Å². The van der Waals surface area contributed by atoms with E-state index < -0.39 is 11.5 Å². The molecule has 0 aromatic heterocycles. The van der Waals surface area contributed by atoms with E-state index in [1.807, 2.05) is 67.7 Å². The van der Waals surface area contributed by atoms with Crippen molar-refractivity contribution in [1.82, 2.24) is 4.90 Å². The van der Waals surface area contributed by atoms with Gasteiger partial charge < -0.3 is 9.64 Å². The molecule has 2 aromatic rings. The Morgan fingerprint density at radius 1 is 1.04 bits per heavy atom. The van der Waals surface area contributed by atoms with Crippen molar-refractivity contribution in [3.05, 3.63) is 71.8 Å². The number of rotatable bonds is 4. The van der Waals surface area contributed by atoms with Gasteiger partial charge in [0.15, 0.2) is 5.78 Å². The number of esters is 1. The molecule has 2 atom stereocenters. The summed E-state index contributed by atoms with van der Waals surface area (Å²) in [7, 11) is 1.99. The van der Waals surface area contributed by atoms with Crippen molar-refractivity contribution in [3.8, 4) is 0 Å². The maximum atomic E-state index is 13.3. The van der Waals surface area contributed by atoms with Gasteiger partial charge in [0.05, 0.1) is 5.92 Å². The molecule has 0 amide bonds. The summed E-state index contributed by atoms with van der Waals surface area (Å²) in [6, 6.07) is 18.9. The Morgan fingerprint density at radius 3 is 2.24 bits per heavy atom. The summed E-state index contributed by atoms with van der Waals surface area (Å²) in [5.74, 6) is -0.795. The molecular weight excluding hydrogens is 314 g/mol. The minimum Gasteiger partial charge on any atom is -0.453 e. The lowest BCUT2D eigenvalue weighted by Gasteiger charge is -2.45. The molecule has 0 N–H and O–H groups in total. The van der Waals surface area contributed by atoms with E-state index in [9.17, 15) is 9.59 Å². The fourth-order valence-electron chi connectivity index (χ4n) is 3.68. The SMILES string of the molecule is CC(=O)OC1(c2ccccc2)CCN(C)CC1C(=O)c1ccccc1. The van der Waals surface area contributed by atoms with Crippen LogP contribution in [0.5, 0.6) is 0 Å². The van der Waals surface area contributed by atoms with Gasteiger partial charge in [-0.25, -0.2) is 0 Å². The van der Waals surface area contributed by atoms with E-state index in [2.05, 4.69) is 4.90 Å². The second kappa shape index (κ2) is 7.19. The topological polar surface area (TPSA) is 46.6 Å². The maximum absolute atomic E-state index is 13.3. The summed E-state index contributed by atoms with van der Waals surface area (Å²) in [6.45, 7) is 2.73. The van der Waals surface area contributed by atoms with E-state index in [1.54, 1.807) is 0 Å². The molecular formula is C21H23NO3. The first kappa shape index (κ1) is 17.4. The van der Waals surface area contributed by atoms with E-state index in [4.69, 9.17) is 4.74 Å². The molecule has 0 bridgehead atoms. The highest BCUT2D eigenvalue weighted by molar-refractivity contribution is 5.99. The Bertz CT molecular complexity index is 744. The minimum atomic E-state index is -0.924. The average molecular weight is 337 g/mol. The number of hydrogen-bond acceptors (Lipinski definition) is 4. The molecule has 1 aliphatic heterocycles. The lowest BCUT2D eigenvalue weighted by Crippen LogP contribution is -2.54. The number of hydrogen-bond donors (Lipinski definition) is 0. The highest BCUT2D eigenvalue weighted by atomic mass is 16.6. The molecule has 4 nitrogen and oxygen atoms in total. The first-order chi connectivity index (χ1) is 12.0. The maximum Gasteiger partial charge on any atom is 0.303 e. The Labute approximate surface area is 148 Å². The summed E-state index contributed by atoms with van der Waals surface area (Å²) >= 11 is 0. The van der Waals surface area contributed by atoms with E-state index in [0.717, 1.165) is 12.1 Å². The van der Waals surface area contributed by atoms with Crippen LogP contribution in [0.4, 0.5) is 0 Å². The molecule has 1 fully saturated rings. The van der Waals surface area contributed by atoms with Crippen molar-refractivity contribution in [2.24, 2.45) is 5.92 Å². The van der Waals surface area contributed by atoms with Gasteiger partial charge in [0.1, 0.15) is 5.60 Å². The van der Waals surface area contributed by atoms with Crippen LogP contribution in [0.2, 0.25) is 0 Å². The molecule has 0 spiro atoms. The van der Waals surface area contributed by atoms with Gasteiger partial charge in [-0.05, 0) is 12.6 Å². The fourth-order valence-corrected chi connectivity index (χ4v) is 3.68. The highest BCUT2D eigenvalue weighted by Crippen LogP contribution is 2.42. The molecule has 1 aliphatic rings. The molecule has 25 heavy (non-hydrogen) atoms. The quantitative estimate of drug-likeness (QED) is 0.634. The van der Waals surface area contributed by atoms with Crippen molar-refractivity contribution in [2.75, 3.05) is 20.1 Å². The van der Waals surface area contributed by atoms with Crippen LogP contribution in [0.15, 0.2) is 60.7 Å². The van der Waals surface area contributed by atoms with Crippen LogP contribution in [-0.4, -0.2) is 36.8 Å². The van der Waals surface area contributed by atoms with Gasteiger partial charge in [0, 0.05) is 32.0 Å². The van der Waals surface area contributed by atoms with Crippen LogP contribution >= 0.6 is 0 Å². The predicted molar refractivity (Wildman–Crippen MR) is 96.3 cm³/mol. The fraction of sp³-hybridized carbons (Fsp3) is 0.333. The zero-order valence-electron chi connectivity index (χ0n) is 14.6. The van der Waals surface area contributed by atoms with Gasteiger partial charge in [-0.15, -0.1) is 0 Å². The van der Waals surface area contributed by atoms with Gasteiger partial charge in [0.25, 0.3) is 0 Å². The van der Waals surface area contributed by atoms with E-state index >= 15 is 0 Å². The van der Waals surface area contributed by atoms with Crippen LogP contribution in [0.3, 0.4) is 0 Å². The molecule has 0 radical (unpaired) electrons. The van der Waals surface area contributed by atoms with Gasteiger partial charge in [-0.2, -0.15) is 0 Å². The summed E-state index contributed by atoms with van der Waals surface area (Å²) < 4.78 is 5.88. The monoisotopic (exact) mass is 337 g/mol. The van der Waals surface area contributed by atoms with Crippen LogP contribution in [0.1, 0.15) is 29.3 Å². The average Bonchev–Trinajstić information content (AvgIpc) is 2.64. The number of nitrogens with zero attached hydrogens (tertiary/aromatic N) is 1. The lowest BCUT2D eigenvalue weighted by atomic mass is 9.72. The number of carbonyl (C=O) groups is 2. The second-order valence-electron chi connectivity index (χ2n) is 6.64. The molecule has 0 saturated carbocycles. The Hall–Kier alpha value is -2.46. The van der Waals surface area contributed by atoms with E-state index in [0.29, 0.717) is 18.5 Å². The number of carbonyl (C=O) groups excluding carboxylic acids is 2.